The molecule has 0 aliphatic carbocycles. The number of rotatable bonds is 5. The van der Waals surface area contributed by atoms with Crippen molar-refractivity contribution in [3.8, 4) is 0 Å². The van der Waals surface area contributed by atoms with E-state index < -0.39 is 0 Å². The zero-order valence-electron chi connectivity index (χ0n) is 11.2. The van der Waals surface area contributed by atoms with Crippen molar-refractivity contribution in [3.05, 3.63) is 41.5 Å². The van der Waals surface area contributed by atoms with Crippen LogP contribution in [0.4, 0.5) is 10.1 Å². The molecule has 1 aromatic heterocycles. The van der Waals surface area contributed by atoms with E-state index >= 15 is 0 Å². The Balaban J connectivity index is 2.09. The van der Waals surface area contributed by atoms with Gasteiger partial charge in [0, 0.05) is 22.9 Å². The first-order chi connectivity index (χ1) is 9.13. The fourth-order valence-corrected chi connectivity index (χ4v) is 2.73. The minimum Gasteiger partial charge on any atom is -0.396 e. The van der Waals surface area contributed by atoms with Gasteiger partial charge in [-0.15, -0.1) is 11.8 Å². The third-order valence-corrected chi connectivity index (χ3v) is 3.96. The number of aromatic nitrogens is 2. The Labute approximate surface area is 117 Å². The highest BCUT2D eigenvalue weighted by atomic mass is 32.2. The van der Waals surface area contributed by atoms with Gasteiger partial charge in [0.05, 0.1) is 11.4 Å². The van der Waals surface area contributed by atoms with Gasteiger partial charge in [-0.3, -0.25) is 4.68 Å². The molecule has 0 bridgehead atoms. The lowest BCUT2D eigenvalue weighted by atomic mass is 10.3. The van der Waals surface area contributed by atoms with Crippen molar-refractivity contribution in [3.63, 3.8) is 0 Å². The van der Waals surface area contributed by atoms with Crippen molar-refractivity contribution < 1.29 is 4.39 Å². The largest absolute Gasteiger partial charge is 0.396 e. The lowest BCUT2D eigenvalue weighted by Gasteiger charge is -2.05. The van der Waals surface area contributed by atoms with Gasteiger partial charge in [-0.05, 0) is 37.6 Å². The molecule has 2 aromatic rings. The van der Waals surface area contributed by atoms with Crippen LogP contribution in [0.25, 0.3) is 0 Å². The van der Waals surface area contributed by atoms with Crippen LogP contribution >= 0.6 is 11.8 Å². The molecule has 19 heavy (non-hydrogen) atoms. The molecule has 0 aliphatic heterocycles. The molecule has 0 amide bonds. The SMILES string of the molecule is CCc1cc(CSc2ccc(N)c(F)c2)n(CC)n1. The first kappa shape index (κ1) is 13.9. The summed E-state index contributed by atoms with van der Waals surface area (Å²) >= 11 is 1.59. The molecule has 2 rings (SSSR count). The van der Waals surface area contributed by atoms with Gasteiger partial charge < -0.3 is 5.73 Å². The Morgan fingerprint density at radius 1 is 1.32 bits per heavy atom. The van der Waals surface area contributed by atoms with Crippen LogP contribution in [-0.4, -0.2) is 9.78 Å². The van der Waals surface area contributed by atoms with Gasteiger partial charge in [0.1, 0.15) is 5.82 Å². The van der Waals surface area contributed by atoms with Crippen LogP contribution in [0.5, 0.6) is 0 Å². The molecule has 0 fully saturated rings. The van der Waals surface area contributed by atoms with E-state index in [-0.39, 0.29) is 11.5 Å². The van der Waals surface area contributed by atoms with Gasteiger partial charge in [0.2, 0.25) is 0 Å². The number of hydrogen-bond acceptors (Lipinski definition) is 3. The molecular formula is C14H18FN3S. The number of benzene rings is 1. The van der Waals surface area contributed by atoms with Gasteiger partial charge in [-0.1, -0.05) is 6.92 Å². The zero-order valence-corrected chi connectivity index (χ0v) is 12.0. The maximum atomic E-state index is 13.4. The van der Waals surface area contributed by atoms with Gasteiger partial charge in [0.15, 0.2) is 0 Å². The standard InChI is InChI=1S/C14H18FN3S/c1-3-10-7-11(18(4-2)17-10)9-19-12-5-6-14(16)13(15)8-12/h5-8H,3-4,9,16H2,1-2H3. The summed E-state index contributed by atoms with van der Waals surface area (Å²) in [4.78, 5) is 0.883. The van der Waals surface area contributed by atoms with Gasteiger partial charge in [0.25, 0.3) is 0 Å². The highest BCUT2D eigenvalue weighted by molar-refractivity contribution is 7.98. The number of anilines is 1. The van der Waals surface area contributed by atoms with Crippen LogP contribution in [0.1, 0.15) is 25.2 Å². The zero-order chi connectivity index (χ0) is 13.8. The molecule has 0 aliphatic rings. The number of hydrogen-bond donors (Lipinski definition) is 1. The summed E-state index contributed by atoms with van der Waals surface area (Å²) in [5.41, 5.74) is 7.92. The summed E-state index contributed by atoms with van der Waals surface area (Å²) in [5.74, 6) is 0.424. The second-order valence-corrected chi connectivity index (χ2v) is 5.32. The second kappa shape index (κ2) is 6.10. The van der Waals surface area contributed by atoms with Gasteiger partial charge in [-0.2, -0.15) is 5.10 Å². The number of nitrogen functional groups attached to an aromatic ring is 1. The Bertz CT molecular complexity index is 566. The van der Waals surface area contributed by atoms with Crippen molar-refractivity contribution >= 4 is 17.4 Å². The number of nitrogens with zero attached hydrogens (tertiary/aromatic N) is 2. The fraction of sp³-hybridized carbons (Fsp3) is 0.357. The highest BCUT2D eigenvalue weighted by Gasteiger charge is 2.07. The smallest absolute Gasteiger partial charge is 0.147 e. The maximum Gasteiger partial charge on any atom is 0.147 e. The predicted octanol–water partition coefficient (Wildman–Crippen LogP) is 3.48. The fourth-order valence-electron chi connectivity index (χ4n) is 1.83. The van der Waals surface area contributed by atoms with Gasteiger partial charge >= 0.3 is 0 Å². The number of thioether (sulfide) groups is 1. The van der Waals surface area contributed by atoms with Crippen molar-refractivity contribution in [2.75, 3.05) is 5.73 Å². The highest BCUT2D eigenvalue weighted by Crippen LogP contribution is 2.25. The van der Waals surface area contributed by atoms with E-state index in [1.165, 1.54) is 11.8 Å². The maximum absolute atomic E-state index is 13.4. The molecule has 0 saturated carbocycles. The third kappa shape index (κ3) is 3.29. The van der Waals surface area contributed by atoms with Crippen LogP contribution in [0.3, 0.4) is 0 Å². The Hall–Kier alpha value is -1.49. The number of nitrogens with two attached hydrogens (primary N) is 1. The quantitative estimate of drug-likeness (QED) is 0.673. The Morgan fingerprint density at radius 2 is 2.11 bits per heavy atom. The monoisotopic (exact) mass is 279 g/mol. The third-order valence-electron chi connectivity index (χ3n) is 2.93. The molecule has 5 heteroatoms. The van der Waals surface area contributed by atoms with Crippen LogP contribution < -0.4 is 5.73 Å². The van der Waals surface area contributed by atoms with E-state index in [9.17, 15) is 4.39 Å². The second-order valence-electron chi connectivity index (χ2n) is 4.27. The van der Waals surface area contributed by atoms with Crippen molar-refractivity contribution in [2.24, 2.45) is 0 Å². The molecule has 1 aromatic carbocycles. The van der Waals surface area contributed by atoms with Crippen LogP contribution in [0.2, 0.25) is 0 Å². The summed E-state index contributed by atoms with van der Waals surface area (Å²) < 4.78 is 15.4. The number of aryl methyl sites for hydroxylation is 2. The minimum absolute atomic E-state index is 0.191. The Morgan fingerprint density at radius 3 is 2.74 bits per heavy atom. The summed E-state index contributed by atoms with van der Waals surface area (Å²) in [6.45, 7) is 5.02. The number of halogens is 1. The summed E-state index contributed by atoms with van der Waals surface area (Å²) in [6, 6.07) is 7.04. The molecule has 3 nitrogen and oxygen atoms in total. The topological polar surface area (TPSA) is 43.8 Å². The normalized spacial score (nSPS) is 10.9. The molecule has 102 valence electrons. The van der Waals surface area contributed by atoms with E-state index in [0.717, 1.165) is 29.3 Å². The average Bonchev–Trinajstić information content (AvgIpc) is 2.82. The molecule has 0 spiro atoms. The molecule has 2 N–H and O–H groups in total. The molecule has 1 heterocycles. The molecule has 0 saturated heterocycles. The van der Waals surface area contributed by atoms with E-state index in [2.05, 4.69) is 25.0 Å². The van der Waals surface area contributed by atoms with Crippen LogP contribution in [-0.2, 0) is 18.7 Å². The molecule has 0 radical (unpaired) electrons. The first-order valence-corrected chi connectivity index (χ1v) is 7.36. The molecular weight excluding hydrogens is 261 g/mol. The molecule has 0 atom stereocenters. The van der Waals surface area contributed by atoms with Crippen molar-refractivity contribution in [2.45, 2.75) is 37.5 Å². The van der Waals surface area contributed by atoms with Crippen LogP contribution in [0, 0.1) is 5.82 Å². The van der Waals surface area contributed by atoms with E-state index in [4.69, 9.17) is 5.73 Å². The first-order valence-electron chi connectivity index (χ1n) is 6.37. The summed E-state index contributed by atoms with van der Waals surface area (Å²) in [6.07, 6.45) is 0.932. The van der Waals surface area contributed by atoms with Gasteiger partial charge in [-0.25, -0.2) is 4.39 Å². The Kier molecular flexibility index (Phi) is 4.47. The van der Waals surface area contributed by atoms with Crippen LogP contribution in [0.15, 0.2) is 29.2 Å². The predicted molar refractivity (Wildman–Crippen MR) is 77.7 cm³/mol. The van der Waals surface area contributed by atoms with E-state index in [1.807, 2.05) is 10.7 Å². The van der Waals surface area contributed by atoms with E-state index in [0.29, 0.717) is 0 Å². The van der Waals surface area contributed by atoms with E-state index in [1.54, 1.807) is 17.8 Å². The lowest BCUT2D eigenvalue weighted by molar-refractivity contribution is 0.626. The lowest BCUT2D eigenvalue weighted by Crippen LogP contribution is -2.01. The average molecular weight is 279 g/mol. The molecule has 0 unspecified atom stereocenters. The minimum atomic E-state index is -0.358. The van der Waals surface area contributed by atoms with Crippen molar-refractivity contribution in [1.29, 1.82) is 0 Å². The summed E-state index contributed by atoms with van der Waals surface area (Å²) in [5, 5.41) is 4.50. The van der Waals surface area contributed by atoms with Crippen molar-refractivity contribution in [1.82, 2.24) is 9.78 Å². The summed E-state index contributed by atoms with van der Waals surface area (Å²) in [7, 11) is 0.